The summed E-state index contributed by atoms with van der Waals surface area (Å²) in [6.45, 7) is 4.81. The van der Waals surface area contributed by atoms with Crippen molar-refractivity contribution in [3.63, 3.8) is 0 Å². The van der Waals surface area contributed by atoms with E-state index in [1.54, 1.807) is 0 Å². The number of carbonyl (C=O) groups excluding carboxylic acids is 2. The molecule has 1 aliphatic heterocycles. The minimum atomic E-state index is -0.0198. The summed E-state index contributed by atoms with van der Waals surface area (Å²) in [5.74, 6) is 1.61. The van der Waals surface area contributed by atoms with E-state index >= 15 is 0 Å². The summed E-state index contributed by atoms with van der Waals surface area (Å²) < 4.78 is 0. The molecule has 1 fully saturated rings. The van der Waals surface area contributed by atoms with Crippen LogP contribution in [-0.2, 0) is 16.0 Å². The molecule has 0 saturated carbocycles. The quantitative estimate of drug-likeness (QED) is 0.818. The van der Waals surface area contributed by atoms with Crippen LogP contribution in [0.3, 0.4) is 0 Å². The fraction of sp³-hybridized carbons (Fsp3) is 0.733. The zero-order chi connectivity index (χ0) is 15.9. The highest BCUT2D eigenvalue weighted by Gasteiger charge is 2.26. The van der Waals surface area contributed by atoms with Crippen molar-refractivity contribution in [1.29, 1.82) is 0 Å². The molecule has 0 aliphatic carbocycles. The first-order valence-electron chi connectivity index (χ1n) is 7.98. The van der Waals surface area contributed by atoms with Crippen LogP contribution >= 0.6 is 0 Å². The number of H-pyrrole nitrogens is 1. The summed E-state index contributed by atoms with van der Waals surface area (Å²) in [4.78, 5) is 29.6. The predicted molar refractivity (Wildman–Crippen MR) is 82.1 cm³/mol. The molecule has 2 N–H and O–H groups in total. The van der Waals surface area contributed by atoms with Gasteiger partial charge in [-0.1, -0.05) is 0 Å². The zero-order valence-corrected chi connectivity index (χ0v) is 13.4. The van der Waals surface area contributed by atoms with Gasteiger partial charge in [0, 0.05) is 38.9 Å². The molecule has 1 atom stereocenters. The molecule has 7 heteroatoms. The van der Waals surface area contributed by atoms with Gasteiger partial charge in [-0.05, 0) is 32.6 Å². The van der Waals surface area contributed by atoms with Gasteiger partial charge >= 0.3 is 0 Å². The standard InChI is InChI=1S/C15H25N5O2/c1-11-17-14(19-18-11)6-7-15(22)20-10-4-3-5-13(20)8-9-16-12(2)21/h13H,3-10H2,1-2H3,(H,16,21)(H,17,18,19)/t13-/m0/s1. The fourth-order valence-corrected chi connectivity index (χ4v) is 2.91. The second-order valence-corrected chi connectivity index (χ2v) is 5.85. The van der Waals surface area contributed by atoms with E-state index in [0.717, 1.165) is 38.1 Å². The Kier molecular flexibility index (Phi) is 5.91. The maximum Gasteiger partial charge on any atom is 0.223 e. The van der Waals surface area contributed by atoms with Crippen molar-refractivity contribution in [3.8, 4) is 0 Å². The van der Waals surface area contributed by atoms with E-state index in [9.17, 15) is 9.59 Å². The van der Waals surface area contributed by atoms with Gasteiger partial charge in [0.1, 0.15) is 5.82 Å². The van der Waals surface area contributed by atoms with Gasteiger partial charge in [-0.15, -0.1) is 0 Å². The third-order valence-corrected chi connectivity index (χ3v) is 4.00. The summed E-state index contributed by atoms with van der Waals surface area (Å²) in [6.07, 6.45) is 5.05. The Morgan fingerprint density at radius 3 is 2.91 bits per heavy atom. The maximum atomic E-state index is 12.5. The Balaban J connectivity index is 1.83. The van der Waals surface area contributed by atoms with E-state index in [4.69, 9.17) is 0 Å². The van der Waals surface area contributed by atoms with Gasteiger partial charge in [0.25, 0.3) is 0 Å². The normalized spacial score (nSPS) is 18.3. The number of aryl methyl sites for hydroxylation is 2. The maximum absolute atomic E-state index is 12.5. The highest BCUT2D eigenvalue weighted by Crippen LogP contribution is 2.20. The second-order valence-electron chi connectivity index (χ2n) is 5.85. The number of nitrogens with zero attached hydrogens (tertiary/aromatic N) is 3. The second kappa shape index (κ2) is 7.91. The minimum Gasteiger partial charge on any atom is -0.356 e. The lowest BCUT2D eigenvalue weighted by atomic mass is 9.98. The Morgan fingerprint density at radius 1 is 1.41 bits per heavy atom. The smallest absolute Gasteiger partial charge is 0.223 e. The molecule has 2 heterocycles. The number of hydrogen-bond donors (Lipinski definition) is 2. The predicted octanol–water partition coefficient (Wildman–Crippen LogP) is 0.953. The number of amides is 2. The number of aromatic amines is 1. The molecule has 0 radical (unpaired) electrons. The van der Waals surface area contributed by atoms with Crippen molar-refractivity contribution in [1.82, 2.24) is 25.4 Å². The largest absolute Gasteiger partial charge is 0.356 e. The first-order valence-corrected chi connectivity index (χ1v) is 7.98. The first-order chi connectivity index (χ1) is 10.6. The molecule has 1 aromatic rings. The van der Waals surface area contributed by atoms with Gasteiger partial charge in [-0.2, -0.15) is 5.10 Å². The van der Waals surface area contributed by atoms with E-state index < -0.39 is 0 Å². The van der Waals surface area contributed by atoms with Crippen LogP contribution in [0, 0.1) is 6.92 Å². The van der Waals surface area contributed by atoms with Crippen LogP contribution < -0.4 is 5.32 Å². The molecule has 7 nitrogen and oxygen atoms in total. The lowest BCUT2D eigenvalue weighted by Gasteiger charge is -2.36. The van der Waals surface area contributed by atoms with Crippen molar-refractivity contribution < 1.29 is 9.59 Å². The molecule has 0 unspecified atom stereocenters. The summed E-state index contributed by atoms with van der Waals surface area (Å²) >= 11 is 0. The minimum absolute atomic E-state index is 0.0198. The topological polar surface area (TPSA) is 91.0 Å². The Hall–Kier alpha value is -1.92. The van der Waals surface area contributed by atoms with E-state index in [0.29, 0.717) is 25.2 Å². The van der Waals surface area contributed by atoms with E-state index in [1.807, 2.05) is 11.8 Å². The highest BCUT2D eigenvalue weighted by atomic mass is 16.2. The fourth-order valence-electron chi connectivity index (χ4n) is 2.91. The third kappa shape index (κ3) is 4.82. The van der Waals surface area contributed by atoms with Gasteiger partial charge in [0.15, 0.2) is 5.82 Å². The summed E-state index contributed by atoms with van der Waals surface area (Å²) in [5, 5.41) is 9.67. The molecule has 2 amide bonds. The van der Waals surface area contributed by atoms with Crippen LogP contribution in [0.1, 0.15) is 50.7 Å². The van der Waals surface area contributed by atoms with Crippen molar-refractivity contribution in [3.05, 3.63) is 11.6 Å². The number of hydrogen-bond acceptors (Lipinski definition) is 4. The molecule has 0 bridgehead atoms. The van der Waals surface area contributed by atoms with Gasteiger partial charge in [0.05, 0.1) is 0 Å². The van der Waals surface area contributed by atoms with Gasteiger partial charge in [-0.25, -0.2) is 4.98 Å². The molecular weight excluding hydrogens is 282 g/mol. The Morgan fingerprint density at radius 2 is 2.23 bits per heavy atom. The molecular formula is C15H25N5O2. The molecule has 1 aromatic heterocycles. The van der Waals surface area contributed by atoms with Crippen molar-refractivity contribution in [2.24, 2.45) is 0 Å². The van der Waals surface area contributed by atoms with Gasteiger partial charge in [0.2, 0.25) is 11.8 Å². The summed E-state index contributed by atoms with van der Waals surface area (Å²) in [7, 11) is 0. The highest BCUT2D eigenvalue weighted by molar-refractivity contribution is 5.77. The lowest BCUT2D eigenvalue weighted by Crippen LogP contribution is -2.45. The molecule has 2 rings (SSSR count). The number of piperidine rings is 1. The average molecular weight is 307 g/mol. The van der Waals surface area contributed by atoms with Crippen molar-refractivity contribution >= 4 is 11.8 Å². The van der Waals surface area contributed by atoms with Crippen LogP contribution in [0.2, 0.25) is 0 Å². The molecule has 0 aromatic carbocycles. The Bertz CT molecular complexity index is 514. The van der Waals surface area contributed by atoms with Crippen LogP contribution in [0.15, 0.2) is 0 Å². The number of likely N-dealkylation sites (tertiary alicyclic amines) is 1. The lowest BCUT2D eigenvalue weighted by molar-refractivity contribution is -0.135. The molecule has 122 valence electrons. The average Bonchev–Trinajstić information content (AvgIpc) is 2.90. The van der Waals surface area contributed by atoms with Crippen LogP contribution in [0.5, 0.6) is 0 Å². The molecule has 1 aliphatic rings. The van der Waals surface area contributed by atoms with Crippen molar-refractivity contribution in [2.45, 2.75) is 58.4 Å². The van der Waals surface area contributed by atoms with Crippen LogP contribution in [0.25, 0.3) is 0 Å². The number of aromatic nitrogens is 3. The monoisotopic (exact) mass is 307 g/mol. The zero-order valence-electron chi connectivity index (χ0n) is 13.4. The summed E-state index contributed by atoms with van der Waals surface area (Å²) in [5.41, 5.74) is 0. The van der Waals surface area contributed by atoms with Crippen molar-refractivity contribution in [2.75, 3.05) is 13.1 Å². The van der Waals surface area contributed by atoms with Gasteiger partial charge in [-0.3, -0.25) is 14.7 Å². The van der Waals surface area contributed by atoms with E-state index in [-0.39, 0.29) is 17.9 Å². The number of carbonyl (C=O) groups is 2. The molecule has 0 spiro atoms. The van der Waals surface area contributed by atoms with E-state index in [1.165, 1.54) is 6.92 Å². The Labute approximate surface area is 130 Å². The third-order valence-electron chi connectivity index (χ3n) is 4.00. The first kappa shape index (κ1) is 16.5. The van der Waals surface area contributed by atoms with E-state index in [2.05, 4.69) is 20.5 Å². The SMILES string of the molecule is CC(=O)NCC[C@@H]1CCCCN1C(=O)CCc1n[nH]c(C)n1. The number of rotatable bonds is 6. The van der Waals surface area contributed by atoms with Crippen LogP contribution in [0.4, 0.5) is 0 Å². The number of nitrogens with one attached hydrogen (secondary N) is 2. The molecule has 22 heavy (non-hydrogen) atoms. The van der Waals surface area contributed by atoms with Gasteiger partial charge < -0.3 is 10.2 Å². The summed E-state index contributed by atoms with van der Waals surface area (Å²) in [6, 6.07) is 0.238. The van der Waals surface area contributed by atoms with Crippen LogP contribution in [-0.4, -0.2) is 51.0 Å². The molecule has 1 saturated heterocycles.